The lowest BCUT2D eigenvalue weighted by Crippen LogP contribution is -2.53. The second-order valence-electron chi connectivity index (χ2n) is 7.94. The van der Waals surface area contributed by atoms with Crippen LogP contribution in [0, 0.1) is 6.92 Å². The predicted octanol–water partition coefficient (Wildman–Crippen LogP) is 2.66. The van der Waals surface area contributed by atoms with E-state index in [4.69, 9.17) is 21.3 Å². The Morgan fingerprint density at radius 1 is 1.22 bits per heavy atom. The molecule has 0 bridgehead atoms. The standard InChI is InChI=1S/C22H26ClN7O2/c1-13-19-21(29(3)20(14(2)32-4)22(31)28-19)27-18(26-13)8-6-16-10-25-30(12-16)11-15-5-7-17(23)24-9-15/h5,7,9-10,12,14,20H,6,8,11H2,1-4H3,(H,28,31)/t14-,20+/m1/s1. The zero-order valence-electron chi connectivity index (χ0n) is 18.5. The summed E-state index contributed by atoms with van der Waals surface area (Å²) in [5, 5.41) is 7.86. The molecule has 1 amide bonds. The van der Waals surface area contributed by atoms with Gasteiger partial charge >= 0.3 is 0 Å². The summed E-state index contributed by atoms with van der Waals surface area (Å²) in [4.78, 5) is 27.9. The molecule has 10 heteroatoms. The lowest BCUT2D eigenvalue weighted by molar-refractivity contribution is -0.120. The molecular formula is C22H26ClN7O2. The van der Waals surface area contributed by atoms with Gasteiger partial charge in [0.1, 0.15) is 22.7 Å². The van der Waals surface area contributed by atoms with Gasteiger partial charge in [0.25, 0.3) is 0 Å². The molecule has 9 nitrogen and oxygen atoms in total. The zero-order valence-corrected chi connectivity index (χ0v) is 19.3. The van der Waals surface area contributed by atoms with Crippen molar-refractivity contribution in [2.75, 3.05) is 24.4 Å². The van der Waals surface area contributed by atoms with Crippen LogP contribution in [0.5, 0.6) is 0 Å². The number of carbonyl (C=O) groups excluding carboxylic acids is 1. The zero-order chi connectivity index (χ0) is 22.8. The molecule has 0 saturated carbocycles. The summed E-state index contributed by atoms with van der Waals surface area (Å²) in [5.74, 6) is 1.33. The maximum absolute atomic E-state index is 12.6. The van der Waals surface area contributed by atoms with Gasteiger partial charge in [-0.2, -0.15) is 5.10 Å². The molecule has 0 radical (unpaired) electrons. The topological polar surface area (TPSA) is 98.1 Å². The first-order valence-corrected chi connectivity index (χ1v) is 10.8. The number of carbonyl (C=O) groups is 1. The second-order valence-corrected chi connectivity index (χ2v) is 8.33. The minimum absolute atomic E-state index is 0.114. The number of amides is 1. The van der Waals surface area contributed by atoms with Crippen LogP contribution in [-0.2, 0) is 28.9 Å². The minimum atomic E-state index is -0.449. The van der Waals surface area contributed by atoms with E-state index in [1.54, 1.807) is 19.4 Å². The molecule has 3 aromatic heterocycles. The highest BCUT2D eigenvalue weighted by Crippen LogP contribution is 2.32. The number of nitrogens with one attached hydrogen (secondary N) is 1. The Labute approximate surface area is 191 Å². The molecule has 0 fully saturated rings. The summed E-state index contributed by atoms with van der Waals surface area (Å²) in [6.45, 7) is 4.39. The van der Waals surface area contributed by atoms with Gasteiger partial charge in [0.2, 0.25) is 5.91 Å². The molecule has 0 aromatic carbocycles. The van der Waals surface area contributed by atoms with Gasteiger partial charge in [-0.15, -0.1) is 0 Å². The summed E-state index contributed by atoms with van der Waals surface area (Å²) in [6.07, 6.45) is 6.77. The van der Waals surface area contributed by atoms with Crippen molar-refractivity contribution < 1.29 is 9.53 Å². The number of rotatable bonds is 7. The molecule has 1 aliphatic rings. The van der Waals surface area contributed by atoms with Crippen molar-refractivity contribution in [2.24, 2.45) is 0 Å². The Balaban J connectivity index is 1.46. The van der Waals surface area contributed by atoms with Gasteiger partial charge in [0, 0.05) is 33.0 Å². The lowest BCUT2D eigenvalue weighted by Gasteiger charge is -2.37. The number of pyridine rings is 1. The van der Waals surface area contributed by atoms with Gasteiger partial charge in [0.05, 0.1) is 24.5 Å². The number of hydrogen-bond acceptors (Lipinski definition) is 7. The normalized spacial score (nSPS) is 16.6. The third-order valence-electron chi connectivity index (χ3n) is 5.66. The van der Waals surface area contributed by atoms with Crippen molar-refractivity contribution in [3.8, 4) is 0 Å². The second kappa shape index (κ2) is 9.22. The lowest BCUT2D eigenvalue weighted by atomic mass is 10.1. The number of fused-ring (bicyclic) bond motifs is 1. The molecule has 0 aliphatic carbocycles. The van der Waals surface area contributed by atoms with E-state index < -0.39 is 6.04 Å². The van der Waals surface area contributed by atoms with Gasteiger partial charge in [-0.25, -0.2) is 15.0 Å². The smallest absolute Gasteiger partial charge is 0.249 e. The van der Waals surface area contributed by atoms with Crippen LogP contribution in [0.3, 0.4) is 0 Å². The number of anilines is 2. The first-order chi connectivity index (χ1) is 15.4. The molecule has 168 valence electrons. The number of ether oxygens (including phenoxy) is 1. The Morgan fingerprint density at radius 2 is 2.03 bits per heavy atom. The molecule has 2 atom stereocenters. The Bertz CT molecular complexity index is 1120. The van der Waals surface area contributed by atoms with Gasteiger partial charge in [-0.1, -0.05) is 17.7 Å². The highest BCUT2D eigenvalue weighted by Gasteiger charge is 2.37. The molecule has 1 N–H and O–H groups in total. The summed E-state index contributed by atoms with van der Waals surface area (Å²) in [5.41, 5.74) is 3.53. The van der Waals surface area contributed by atoms with Crippen LogP contribution in [0.4, 0.5) is 11.5 Å². The molecule has 4 heterocycles. The molecule has 0 saturated heterocycles. The molecule has 0 spiro atoms. The molecule has 4 rings (SSSR count). The van der Waals surface area contributed by atoms with E-state index in [9.17, 15) is 4.79 Å². The molecule has 1 aliphatic heterocycles. The average Bonchev–Trinajstić information content (AvgIpc) is 3.22. The summed E-state index contributed by atoms with van der Waals surface area (Å²) in [7, 11) is 3.46. The van der Waals surface area contributed by atoms with Crippen LogP contribution < -0.4 is 10.2 Å². The summed E-state index contributed by atoms with van der Waals surface area (Å²) in [6, 6.07) is 3.26. The maximum Gasteiger partial charge on any atom is 0.249 e. The number of hydrogen-bond donors (Lipinski definition) is 1. The van der Waals surface area contributed by atoms with Crippen LogP contribution in [0.2, 0.25) is 5.15 Å². The highest BCUT2D eigenvalue weighted by atomic mass is 35.5. The predicted molar refractivity (Wildman–Crippen MR) is 122 cm³/mol. The minimum Gasteiger partial charge on any atom is -0.379 e. The fourth-order valence-electron chi connectivity index (χ4n) is 3.85. The van der Waals surface area contributed by atoms with Crippen molar-refractivity contribution in [3.63, 3.8) is 0 Å². The number of aromatic nitrogens is 5. The number of nitrogens with zero attached hydrogens (tertiary/aromatic N) is 6. The van der Waals surface area contributed by atoms with Gasteiger partial charge in [0.15, 0.2) is 5.82 Å². The van der Waals surface area contributed by atoms with Crippen molar-refractivity contribution in [1.29, 1.82) is 0 Å². The fourth-order valence-corrected chi connectivity index (χ4v) is 3.97. The average molecular weight is 456 g/mol. The highest BCUT2D eigenvalue weighted by molar-refractivity contribution is 6.29. The number of methoxy groups -OCH3 is 1. The number of likely N-dealkylation sites (N-methyl/N-ethyl adjacent to an activating group) is 1. The van der Waals surface area contributed by atoms with E-state index in [0.29, 0.717) is 29.6 Å². The molecule has 0 unspecified atom stereocenters. The molecular weight excluding hydrogens is 430 g/mol. The van der Waals surface area contributed by atoms with Gasteiger partial charge < -0.3 is 15.0 Å². The van der Waals surface area contributed by atoms with E-state index in [-0.39, 0.29) is 12.0 Å². The van der Waals surface area contributed by atoms with Crippen LogP contribution in [0.15, 0.2) is 30.7 Å². The molecule has 3 aromatic rings. The van der Waals surface area contributed by atoms with E-state index >= 15 is 0 Å². The first-order valence-electron chi connectivity index (χ1n) is 10.4. The van der Waals surface area contributed by atoms with Gasteiger partial charge in [-0.3, -0.25) is 9.48 Å². The van der Waals surface area contributed by atoms with Crippen molar-refractivity contribution >= 4 is 29.0 Å². The maximum atomic E-state index is 12.6. The van der Waals surface area contributed by atoms with Crippen molar-refractivity contribution in [3.05, 3.63) is 58.5 Å². The van der Waals surface area contributed by atoms with Crippen LogP contribution in [-0.4, -0.2) is 56.9 Å². The first kappa shape index (κ1) is 22.2. The van der Waals surface area contributed by atoms with E-state index in [2.05, 4.69) is 20.4 Å². The van der Waals surface area contributed by atoms with Crippen molar-refractivity contribution in [1.82, 2.24) is 24.7 Å². The van der Waals surface area contributed by atoms with E-state index in [0.717, 1.165) is 29.1 Å². The fraction of sp³-hybridized carbons (Fsp3) is 0.409. The SMILES string of the molecule is CO[C@H](C)[C@H]1C(=O)Nc2c(C)nc(CCc3cnn(Cc4ccc(Cl)nc4)c3)nc2N1C. The summed E-state index contributed by atoms with van der Waals surface area (Å²) < 4.78 is 7.27. The Morgan fingerprint density at radius 3 is 2.75 bits per heavy atom. The monoisotopic (exact) mass is 455 g/mol. The van der Waals surface area contributed by atoms with Crippen LogP contribution in [0.1, 0.15) is 29.6 Å². The van der Waals surface area contributed by atoms with Crippen molar-refractivity contribution in [2.45, 2.75) is 45.4 Å². The third-order valence-corrected chi connectivity index (χ3v) is 5.88. The Kier molecular flexibility index (Phi) is 6.38. The van der Waals surface area contributed by atoms with Crippen LogP contribution in [0.25, 0.3) is 0 Å². The van der Waals surface area contributed by atoms with E-state index in [1.165, 1.54) is 0 Å². The van der Waals surface area contributed by atoms with Gasteiger partial charge in [-0.05, 0) is 37.5 Å². The summed E-state index contributed by atoms with van der Waals surface area (Å²) >= 11 is 5.85. The number of halogens is 1. The quantitative estimate of drug-likeness (QED) is 0.547. The largest absolute Gasteiger partial charge is 0.379 e. The molecule has 32 heavy (non-hydrogen) atoms. The number of aryl methyl sites for hydroxylation is 3. The third kappa shape index (κ3) is 4.58. The van der Waals surface area contributed by atoms with E-state index in [1.807, 2.05) is 48.9 Å². The van der Waals surface area contributed by atoms with Crippen LogP contribution >= 0.6 is 11.6 Å². The Hall–Kier alpha value is -3.04.